The Labute approximate surface area is 136 Å². The fourth-order valence-corrected chi connectivity index (χ4v) is 4.47. The summed E-state index contributed by atoms with van der Waals surface area (Å²) in [6, 6.07) is 1.68. The van der Waals surface area contributed by atoms with Crippen LogP contribution in [0.1, 0.15) is 19.8 Å². The summed E-state index contributed by atoms with van der Waals surface area (Å²) in [6.45, 7) is 0.929. The lowest BCUT2D eigenvalue weighted by molar-refractivity contribution is -0.149. The van der Waals surface area contributed by atoms with E-state index in [0.717, 1.165) is 24.2 Å². The van der Waals surface area contributed by atoms with E-state index in [1.54, 1.807) is 0 Å². The van der Waals surface area contributed by atoms with Crippen molar-refractivity contribution in [2.24, 2.45) is 0 Å². The molecule has 2 rings (SSSR count). The molecule has 1 unspecified atom stereocenters. The van der Waals surface area contributed by atoms with Crippen LogP contribution in [0.4, 0.5) is 0 Å². The third-order valence-corrected chi connectivity index (χ3v) is 6.35. The van der Waals surface area contributed by atoms with Gasteiger partial charge in [0.15, 0.2) is 0 Å². The van der Waals surface area contributed by atoms with E-state index in [1.165, 1.54) is 24.0 Å². The molecule has 1 heterocycles. The summed E-state index contributed by atoms with van der Waals surface area (Å²) >= 11 is 6.57. The van der Waals surface area contributed by atoms with Crippen molar-refractivity contribution < 1.29 is 23.1 Å². The van der Waals surface area contributed by atoms with Crippen LogP contribution in [0.3, 0.4) is 0 Å². The Morgan fingerprint density at radius 1 is 1.50 bits per heavy atom. The van der Waals surface area contributed by atoms with Crippen LogP contribution < -0.4 is 4.72 Å². The molecule has 10 heteroatoms. The number of thiophene rings is 1. The molecular formula is C12H15ClN2O5S2. The maximum atomic E-state index is 12.2. The van der Waals surface area contributed by atoms with Crippen molar-refractivity contribution in [1.29, 1.82) is 0 Å². The number of halogens is 1. The molecule has 122 valence electrons. The number of carbonyl (C=O) groups excluding carboxylic acids is 1. The minimum absolute atomic E-state index is 0.00885. The number of rotatable bonds is 7. The molecule has 0 bridgehead atoms. The quantitative estimate of drug-likeness (QED) is 0.753. The summed E-state index contributed by atoms with van der Waals surface area (Å²) < 4.78 is 26.5. The first-order valence-corrected chi connectivity index (χ1v) is 9.19. The summed E-state index contributed by atoms with van der Waals surface area (Å²) in [5.41, 5.74) is 0. The molecule has 2 N–H and O–H groups in total. The van der Waals surface area contributed by atoms with E-state index >= 15 is 0 Å². The predicted molar refractivity (Wildman–Crippen MR) is 81.5 cm³/mol. The van der Waals surface area contributed by atoms with E-state index in [4.69, 9.17) is 16.7 Å². The van der Waals surface area contributed by atoms with Gasteiger partial charge in [0.05, 0.1) is 10.9 Å². The smallest absolute Gasteiger partial charge is 0.326 e. The summed E-state index contributed by atoms with van der Waals surface area (Å²) in [5.74, 6) is -1.67. The molecule has 0 aliphatic heterocycles. The lowest BCUT2D eigenvalue weighted by Crippen LogP contribution is -2.48. The van der Waals surface area contributed by atoms with Gasteiger partial charge in [0.25, 0.3) is 10.0 Å². The maximum absolute atomic E-state index is 12.2. The lowest BCUT2D eigenvalue weighted by atomic mass is 10.2. The highest BCUT2D eigenvalue weighted by molar-refractivity contribution is 7.91. The van der Waals surface area contributed by atoms with Crippen LogP contribution in [0.25, 0.3) is 0 Å². The number of nitrogens with zero attached hydrogens (tertiary/aromatic N) is 1. The van der Waals surface area contributed by atoms with Crippen molar-refractivity contribution >= 4 is 44.8 Å². The topological polar surface area (TPSA) is 104 Å². The summed E-state index contributed by atoms with van der Waals surface area (Å²) in [6.07, 6.45) is 1.47. The molecule has 7 nitrogen and oxygen atoms in total. The van der Waals surface area contributed by atoms with E-state index in [2.05, 4.69) is 4.72 Å². The Morgan fingerprint density at radius 3 is 2.59 bits per heavy atom. The fourth-order valence-electron chi connectivity index (χ4n) is 1.97. The van der Waals surface area contributed by atoms with Crippen LogP contribution in [-0.4, -0.2) is 48.9 Å². The van der Waals surface area contributed by atoms with Gasteiger partial charge in [-0.25, -0.2) is 17.9 Å². The van der Waals surface area contributed by atoms with Gasteiger partial charge in [-0.15, -0.1) is 11.3 Å². The molecule has 1 aliphatic rings. The minimum atomic E-state index is -3.83. The Bertz CT molecular complexity index is 683. The van der Waals surface area contributed by atoms with Crippen LogP contribution in [0, 0.1) is 0 Å². The van der Waals surface area contributed by atoms with Crippen molar-refractivity contribution in [2.45, 2.75) is 36.1 Å². The Kier molecular flexibility index (Phi) is 5.10. The van der Waals surface area contributed by atoms with Gasteiger partial charge in [-0.05, 0) is 31.9 Å². The lowest BCUT2D eigenvalue weighted by Gasteiger charge is -2.26. The van der Waals surface area contributed by atoms with Gasteiger partial charge in [-0.3, -0.25) is 4.79 Å². The number of amides is 1. The Morgan fingerprint density at radius 2 is 2.14 bits per heavy atom. The first-order chi connectivity index (χ1) is 10.2. The molecule has 1 aliphatic carbocycles. The predicted octanol–water partition coefficient (Wildman–Crippen LogP) is 1.14. The number of carboxylic acids is 1. The first-order valence-electron chi connectivity index (χ1n) is 6.51. The molecule has 1 saturated carbocycles. The zero-order chi connectivity index (χ0) is 16.5. The molecule has 1 atom stereocenters. The number of hydrogen-bond acceptors (Lipinski definition) is 5. The number of hydrogen-bond donors (Lipinski definition) is 2. The second kappa shape index (κ2) is 6.53. The van der Waals surface area contributed by atoms with Crippen LogP contribution in [0.15, 0.2) is 16.3 Å². The SMILES string of the molecule is CC(C(=O)O)N(C(=O)CNS(=O)(=O)c1ccc(Cl)s1)C1CC1. The van der Waals surface area contributed by atoms with E-state index in [0.29, 0.717) is 4.34 Å². The highest BCUT2D eigenvalue weighted by atomic mass is 35.5. The summed E-state index contributed by atoms with van der Waals surface area (Å²) in [5, 5.41) is 9.04. The Hall–Kier alpha value is -1.16. The van der Waals surface area contributed by atoms with Gasteiger partial charge in [-0.1, -0.05) is 11.6 Å². The third kappa shape index (κ3) is 3.97. The molecule has 0 spiro atoms. The molecule has 1 aromatic heterocycles. The third-order valence-electron chi connectivity index (χ3n) is 3.23. The first kappa shape index (κ1) is 17.2. The fraction of sp³-hybridized carbons (Fsp3) is 0.500. The average Bonchev–Trinajstić information content (AvgIpc) is 3.16. The molecule has 0 aromatic carbocycles. The maximum Gasteiger partial charge on any atom is 0.326 e. The molecule has 1 amide bonds. The van der Waals surface area contributed by atoms with Crippen LogP contribution in [0.5, 0.6) is 0 Å². The van der Waals surface area contributed by atoms with E-state index in [-0.39, 0.29) is 10.3 Å². The van der Waals surface area contributed by atoms with E-state index < -0.39 is 34.5 Å². The monoisotopic (exact) mass is 366 g/mol. The van der Waals surface area contributed by atoms with Crippen LogP contribution >= 0.6 is 22.9 Å². The molecule has 1 fully saturated rings. The van der Waals surface area contributed by atoms with Crippen molar-refractivity contribution in [2.75, 3.05) is 6.54 Å². The van der Waals surface area contributed by atoms with Crippen molar-refractivity contribution in [3.8, 4) is 0 Å². The summed E-state index contributed by atoms with van der Waals surface area (Å²) in [7, 11) is -3.83. The van der Waals surface area contributed by atoms with Crippen molar-refractivity contribution in [3.63, 3.8) is 0 Å². The zero-order valence-electron chi connectivity index (χ0n) is 11.7. The average molecular weight is 367 g/mol. The van der Waals surface area contributed by atoms with Gasteiger partial charge < -0.3 is 10.0 Å². The van der Waals surface area contributed by atoms with E-state index in [9.17, 15) is 18.0 Å². The Balaban J connectivity index is 2.03. The van der Waals surface area contributed by atoms with Gasteiger partial charge in [0.2, 0.25) is 5.91 Å². The number of sulfonamides is 1. The number of aliphatic carboxylic acids is 1. The molecule has 0 radical (unpaired) electrons. The number of carbonyl (C=O) groups is 2. The van der Waals surface area contributed by atoms with Gasteiger partial charge in [0, 0.05) is 6.04 Å². The van der Waals surface area contributed by atoms with Crippen molar-refractivity contribution in [3.05, 3.63) is 16.5 Å². The largest absolute Gasteiger partial charge is 0.480 e. The number of nitrogens with one attached hydrogen (secondary N) is 1. The molecule has 22 heavy (non-hydrogen) atoms. The van der Waals surface area contributed by atoms with Crippen LogP contribution in [0.2, 0.25) is 4.34 Å². The van der Waals surface area contributed by atoms with Gasteiger partial charge in [0.1, 0.15) is 10.3 Å². The highest BCUT2D eigenvalue weighted by Crippen LogP contribution is 2.29. The van der Waals surface area contributed by atoms with E-state index in [1.807, 2.05) is 0 Å². The zero-order valence-corrected chi connectivity index (χ0v) is 14.0. The summed E-state index contributed by atoms with van der Waals surface area (Å²) in [4.78, 5) is 24.5. The highest BCUT2D eigenvalue weighted by Gasteiger charge is 2.38. The minimum Gasteiger partial charge on any atom is -0.480 e. The molecule has 1 aromatic rings. The van der Waals surface area contributed by atoms with Gasteiger partial charge in [-0.2, -0.15) is 0 Å². The second-order valence-corrected chi connectivity index (χ2v) is 8.64. The normalized spacial score (nSPS) is 16.3. The number of carboxylic acid groups (broad SMARTS) is 1. The van der Waals surface area contributed by atoms with Crippen LogP contribution in [-0.2, 0) is 19.6 Å². The standard InChI is InChI=1S/C12H15ClN2O5S2/c1-7(12(17)18)15(8-2-3-8)10(16)6-14-22(19,20)11-5-4-9(13)21-11/h4-5,7-8,14H,2-3,6H2,1H3,(H,17,18). The molecule has 0 saturated heterocycles. The molecular weight excluding hydrogens is 352 g/mol. The van der Waals surface area contributed by atoms with Gasteiger partial charge >= 0.3 is 5.97 Å². The van der Waals surface area contributed by atoms with Crippen molar-refractivity contribution in [1.82, 2.24) is 9.62 Å². The second-order valence-electron chi connectivity index (χ2n) is 4.93.